The van der Waals surface area contributed by atoms with Crippen LogP contribution in [0.1, 0.15) is 28.4 Å². The third-order valence-corrected chi connectivity index (χ3v) is 2.89. The summed E-state index contributed by atoms with van der Waals surface area (Å²) in [5.41, 5.74) is 3.05. The largest absolute Gasteiger partial charge is 0.393 e. The van der Waals surface area contributed by atoms with E-state index in [2.05, 4.69) is 0 Å². The van der Waals surface area contributed by atoms with Gasteiger partial charge in [-0.25, -0.2) is 0 Å². The molecule has 1 aliphatic carbocycles. The smallest absolute Gasteiger partial charge is 0.169 e. The molecule has 0 radical (unpaired) electrons. The van der Waals surface area contributed by atoms with Gasteiger partial charge in [-0.05, 0) is 25.8 Å². The fourth-order valence-electron chi connectivity index (χ4n) is 2.05. The second-order valence-electron chi connectivity index (χ2n) is 4.08. The Balaban J connectivity index is 2.40. The van der Waals surface area contributed by atoms with Crippen LogP contribution >= 0.6 is 0 Å². The highest BCUT2D eigenvalue weighted by Crippen LogP contribution is 2.29. The molecule has 2 heteroatoms. The van der Waals surface area contributed by atoms with Gasteiger partial charge in [0.25, 0.3) is 0 Å². The number of hydrogen-bond donors (Lipinski definition) is 1. The lowest BCUT2D eigenvalue weighted by Gasteiger charge is -2.09. The molecule has 0 aromatic heterocycles. The Bertz CT molecular complexity index is 380. The molecular formula is C12H14O2. The van der Waals surface area contributed by atoms with Crippen molar-refractivity contribution >= 4 is 5.78 Å². The standard InChI is InChI=1S/C12H14O2/c1-7-3-4-10-9(5-7)6-11(8(2)13)12(10)14/h3-5,8,11,13H,6H2,1-2H3. The second kappa shape index (κ2) is 3.21. The van der Waals surface area contributed by atoms with Crippen LogP contribution in [0.15, 0.2) is 18.2 Å². The zero-order chi connectivity index (χ0) is 10.3. The molecule has 1 aromatic rings. The number of hydrogen-bond acceptors (Lipinski definition) is 2. The van der Waals surface area contributed by atoms with E-state index in [4.69, 9.17) is 0 Å². The van der Waals surface area contributed by atoms with Crippen LogP contribution in [0.4, 0.5) is 0 Å². The first-order chi connectivity index (χ1) is 6.59. The highest BCUT2D eigenvalue weighted by Gasteiger charge is 2.33. The van der Waals surface area contributed by atoms with Crippen LogP contribution in [0.3, 0.4) is 0 Å². The summed E-state index contributed by atoms with van der Waals surface area (Å²) >= 11 is 0. The number of fused-ring (bicyclic) bond motifs is 1. The number of aryl methyl sites for hydroxylation is 1. The van der Waals surface area contributed by atoms with Gasteiger partial charge in [0.2, 0.25) is 0 Å². The number of Topliss-reactive ketones (excluding diaryl/α,β-unsaturated/α-hetero) is 1. The van der Waals surface area contributed by atoms with E-state index in [1.165, 1.54) is 5.56 Å². The molecule has 2 nitrogen and oxygen atoms in total. The molecule has 0 heterocycles. The predicted octanol–water partition coefficient (Wildman–Crippen LogP) is 1.73. The Hall–Kier alpha value is -1.15. The number of aliphatic hydroxyl groups is 1. The van der Waals surface area contributed by atoms with Crippen molar-refractivity contribution in [2.45, 2.75) is 26.4 Å². The number of carbonyl (C=O) groups is 1. The minimum Gasteiger partial charge on any atom is -0.393 e. The van der Waals surface area contributed by atoms with Crippen LogP contribution in [0, 0.1) is 12.8 Å². The Morgan fingerprint density at radius 3 is 2.86 bits per heavy atom. The van der Waals surface area contributed by atoms with Crippen molar-refractivity contribution in [2.75, 3.05) is 0 Å². The second-order valence-corrected chi connectivity index (χ2v) is 4.08. The number of carbonyl (C=O) groups excluding carboxylic acids is 1. The maximum absolute atomic E-state index is 11.8. The molecule has 1 N–H and O–H groups in total. The molecule has 0 fully saturated rings. The fourth-order valence-corrected chi connectivity index (χ4v) is 2.05. The Morgan fingerprint density at radius 2 is 2.21 bits per heavy atom. The monoisotopic (exact) mass is 190 g/mol. The summed E-state index contributed by atoms with van der Waals surface area (Å²) in [6.45, 7) is 3.70. The van der Waals surface area contributed by atoms with E-state index in [0.29, 0.717) is 6.42 Å². The summed E-state index contributed by atoms with van der Waals surface area (Å²) in [5.74, 6) is -0.137. The maximum atomic E-state index is 11.8. The number of rotatable bonds is 1. The zero-order valence-corrected chi connectivity index (χ0v) is 8.45. The predicted molar refractivity (Wildman–Crippen MR) is 54.4 cm³/mol. The minimum atomic E-state index is -0.546. The lowest BCUT2D eigenvalue weighted by atomic mass is 10.00. The Kier molecular flexibility index (Phi) is 2.16. The van der Waals surface area contributed by atoms with E-state index in [0.717, 1.165) is 11.1 Å². The lowest BCUT2D eigenvalue weighted by Crippen LogP contribution is -2.22. The first-order valence-electron chi connectivity index (χ1n) is 4.91. The van der Waals surface area contributed by atoms with Gasteiger partial charge in [0.15, 0.2) is 5.78 Å². The third kappa shape index (κ3) is 1.36. The normalized spacial score (nSPS) is 22.2. The van der Waals surface area contributed by atoms with E-state index in [-0.39, 0.29) is 11.7 Å². The quantitative estimate of drug-likeness (QED) is 0.732. The van der Waals surface area contributed by atoms with Gasteiger partial charge in [-0.2, -0.15) is 0 Å². The van der Waals surface area contributed by atoms with Gasteiger partial charge in [-0.1, -0.05) is 23.8 Å². The molecular weight excluding hydrogens is 176 g/mol. The third-order valence-electron chi connectivity index (χ3n) is 2.89. The van der Waals surface area contributed by atoms with E-state index in [1.807, 2.05) is 25.1 Å². The SMILES string of the molecule is Cc1ccc2c(c1)CC(C(C)O)C2=O. The summed E-state index contributed by atoms with van der Waals surface area (Å²) in [6.07, 6.45) is 0.142. The molecule has 0 aliphatic heterocycles. The average Bonchev–Trinajstić information content (AvgIpc) is 2.43. The Morgan fingerprint density at radius 1 is 1.50 bits per heavy atom. The summed E-state index contributed by atoms with van der Waals surface area (Å²) in [6, 6.07) is 5.85. The van der Waals surface area contributed by atoms with Crippen molar-refractivity contribution in [3.05, 3.63) is 34.9 Å². The van der Waals surface area contributed by atoms with Gasteiger partial charge in [0.1, 0.15) is 0 Å². The topological polar surface area (TPSA) is 37.3 Å². The molecule has 2 atom stereocenters. The Labute approximate surface area is 83.6 Å². The van der Waals surface area contributed by atoms with Crippen LogP contribution in [-0.4, -0.2) is 17.0 Å². The van der Waals surface area contributed by atoms with Crippen molar-refractivity contribution in [1.82, 2.24) is 0 Å². The van der Waals surface area contributed by atoms with Crippen LogP contribution in [-0.2, 0) is 6.42 Å². The zero-order valence-electron chi connectivity index (χ0n) is 8.45. The van der Waals surface area contributed by atoms with Crippen LogP contribution in [0.2, 0.25) is 0 Å². The van der Waals surface area contributed by atoms with Crippen molar-refractivity contribution in [3.63, 3.8) is 0 Å². The summed E-state index contributed by atoms with van der Waals surface area (Å²) in [4.78, 5) is 11.8. The maximum Gasteiger partial charge on any atom is 0.169 e. The number of ketones is 1. The lowest BCUT2D eigenvalue weighted by molar-refractivity contribution is 0.0758. The summed E-state index contributed by atoms with van der Waals surface area (Å²) < 4.78 is 0. The van der Waals surface area contributed by atoms with E-state index in [9.17, 15) is 9.90 Å². The molecule has 0 saturated heterocycles. The minimum absolute atomic E-state index is 0.0926. The van der Waals surface area contributed by atoms with Crippen molar-refractivity contribution in [1.29, 1.82) is 0 Å². The fraction of sp³-hybridized carbons (Fsp3) is 0.417. The molecule has 2 rings (SSSR count). The number of benzene rings is 1. The molecule has 0 bridgehead atoms. The summed E-state index contributed by atoms with van der Waals surface area (Å²) in [5, 5.41) is 9.44. The van der Waals surface area contributed by atoms with E-state index in [1.54, 1.807) is 6.92 Å². The van der Waals surface area contributed by atoms with Gasteiger partial charge in [-0.15, -0.1) is 0 Å². The average molecular weight is 190 g/mol. The first kappa shape index (κ1) is 9.41. The van der Waals surface area contributed by atoms with Crippen LogP contribution < -0.4 is 0 Å². The first-order valence-corrected chi connectivity index (χ1v) is 4.91. The molecule has 1 aliphatic rings. The van der Waals surface area contributed by atoms with Crippen molar-refractivity contribution in [2.24, 2.45) is 5.92 Å². The number of aliphatic hydroxyl groups excluding tert-OH is 1. The van der Waals surface area contributed by atoms with Gasteiger partial charge < -0.3 is 5.11 Å². The van der Waals surface area contributed by atoms with Crippen molar-refractivity contribution in [3.8, 4) is 0 Å². The molecule has 74 valence electrons. The molecule has 0 spiro atoms. The van der Waals surface area contributed by atoms with Gasteiger partial charge in [-0.3, -0.25) is 4.79 Å². The molecule has 0 saturated carbocycles. The highest BCUT2D eigenvalue weighted by molar-refractivity contribution is 6.02. The van der Waals surface area contributed by atoms with E-state index >= 15 is 0 Å². The molecule has 1 aromatic carbocycles. The highest BCUT2D eigenvalue weighted by atomic mass is 16.3. The molecule has 2 unspecified atom stereocenters. The van der Waals surface area contributed by atoms with E-state index < -0.39 is 6.10 Å². The van der Waals surface area contributed by atoms with Crippen LogP contribution in [0.25, 0.3) is 0 Å². The van der Waals surface area contributed by atoms with Crippen molar-refractivity contribution < 1.29 is 9.90 Å². The van der Waals surface area contributed by atoms with Gasteiger partial charge in [0.05, 0.1) is 12.0 Å². The molecule has 0 amide bonds. The van der Waals surface area contributed by atoms with Gasteiger partial charge >= 0.3 is 0 Å². The summed E-state index contributed by atoms with van der Waals surface area (Å²) in [7, 11) is 0. The van der Waals surface area contributed by atoms with Crippen LogP contribution in [0.5, 0.6) is 0 Å². The van der Waals surface area contributed by atoms with Gasteiger partial charge in [0, 0.05) is 5.56 Å². The molecule has 14 heavy (non-hydrogen) atoms.